The van der Waals surface area contributed by atoms with Crippen LogP contribution in [0.3, 0.4) is 0 Å². The molecule has 0 aliphatic carbocycles. The van der Waals surface area contributed by atoms with Crippen molar-refractivity contribution in [3.05, 3.63) is 29.8 Å². The Bertz CT molecular complexity index is 262. The highest BCUT2D eigenvalue weighted by Crippen LogP contribution is 2.15. The molecule has 0 amide bonds. The van der Waals surface area contributed by atoms with Crippen molar-refractivity contribution < 1.29 is 0 Å². The molecule has 3 nitrogen and oxygen atoms in total. The summed E-state index contributed by atoms with van der Waals surface area (Å²) in [5.41, 5.74) is 8.85. The van der Waals surface area contributed by atoms with E-state index in [1.807, 2.05) is 14.1 Å². The minimum atomic E-state index is 0.528. The molecule has 0 spiro atoms. The summed E-state index contributed by atoms with van der Waals surface area (Å²) >= 11 is 0. The summed E-state index contributed by atoms with van der Waals surface area (Å²) in [5, 5.41) is 0. The van der Waals surface area contributed by atoms with E-state index >= 15 is 0 Å². The SMILES string of the molecule is CN[N+](C)(NC)c1ccc(C)cc1. The van der Waals surface area contributed by atoms with Crippen LogP contribution in [0.5, 0.6) is 0 Å². The Labute approximate surface area is 79.9 Å². The molecule has 0 aromatic heterocycles. The fraction of sp³-hybridized carbons (Fsp3) is 0.400. The Morgan fingerprint density at radius 2 is 1.46 bits per heavy atom. The fourth-order valence-electron chi connectivity index (χ4n) is 1.21. The van der Waals surface area contributed by atoms with Gasteiger partial charge in [0.1, 0.15) is 7.05 Å². The van der Waals surface area contributed by atoms with Crippen LogP contribution in [0.15, 0.2) is 24.3 Å². The predicted octanol–water partition coefficient (Wildman–Crippen LogP) is 1.20. The molecule has 0 saturated heterocycles. The van der Waals surface area contributed by atoms with Gasteiger partial charge in [0.2, 0.25) is 0 Å². The first-order valence-corrected chi connectivity index (χ1v) is 4.44. The van der Waals surface area contributed by atoms with E-state index in [1.54, 1.807) is 0 Å². The summed E-state index contributed by atoms with van der Waals surface area (Å²) in [6.07, 6.45) is 0. The van der Waals surface area contributed by atoms with Gasteiger partial charge in [-0.15, -0.1) is 15.6 Å². The average Bonchev–Trinajstić information content (AvgIpc) is 2.18. The van der Waals surface area contributed by atoms with Gasteiger partial charge in [0.25, 0.3) is 0 Å². The van der Waals surface area contributed by atoms with Crippen LogP contribution in [-0.4, -0.2) is 21.1 Å². The van der Waals surface area contributed by atoms with Gasteiger partial charge in [0.15, 0.2) is 5.69 Å². The Kier molecular flexibility index (Phi) is 3.03. The lowest BCUT2D eigenvalue weighted by Crippen LogP contribution is -2.62. The molecule has 0 saturated carbocycles. The minimum Gasteiger partial charge on any atom is -0.146 e. The molecule has 1 aromatic rings. The van der Waals surface area contributed by atoms with E-state index in [1.165, 1.54) is 11.3 Å². The zero-order chi connectivity index (χ0) is 9.90. The topological polar surface area (TPSA) is 24.1 Å². The summed E-state index contributed by atoms with van der Waals surface area (Å²) in [7, 11) is 5.91. The van der Waals surface area contributed by atoms with Crippen molar-refractivity contribution in [3.63, 3.8) is 0 Å². The van der Waals surface area contributed by atoms with Gasteiger partial charge in [-0.2, -0.15) is 0 Å². The fourth-order valence-corrected chi connectivity index (χ4v) is 1.21. The number of rotatable bonds is 3. The maximum absolute atomic E-state index is 3.19. The maximum atomic E-state index is 3.19. The van der Waals surface area contributed by atoms with E-state index in [0.29, 0.717) is 4.70 Å². The molecule has 0 aliphatic rings. The van der Waals surface area contributed by atoms with Gasteiger partial charge in [0.05, 0.1) is 0 Å². The van der Waals surface area contributed by atoms with Gasteiger partial charge < -0.3 is 0 Å². The molecule has 1 aromatic carbocycles. The normalized spacial score (nSPS) is 11.7. The number of nitrogens with zero attached hydrogens (tertiary/aromatic N) is 1. The summed E-state index contributed by atoms with van der Waals surface area (Å²) < 4.78 is 0.528. The third-order valence-electron chi connectivity index (χ3n) is 2.44. The molecule has 0 radical (unpaired) electrons. The maximum Gasteiger partial charge on any atom is 0.171 e. The number of hydrogen-bond donors (Lipinski definition) is 2. The quantitative estimate of drug-likeness (QED) is 0.539. The number of hydrogen-bond acceptors (Lipinski definition) is 2. The van der Waals surface area contributed by atoms with E-state index < -0.39 is 0 Å². The first-order chi connectivity index (χ1) is 6.12. The zero-order valence-corrected chi connectivity index (χ0v) is 8.76. The molecule has 13 heavy (non-hydrogen) atoms. The highest BCUT2D eigenvalue weighted by atomic mass is 15.8. The lowest BCUT2D eigenvalue weighted by molar-refractivity contribution is 0.194. The molecule has 1 rings (SSSR count). The van der Waals surface area contributed by atoms with Gasteiger partial charge in [-0.25, -0.2) is 0 Å². The average molecular weight is 180 g/mol. The van der Waals surface area contributed by atoms with Gasteiger partial charge in [-0.3, -0.25) is 0 Å². The smallest absolute Gasteiger partial charge is 0.146 e. The number of aryl methyl sites for hydroxylation is 1. The van der Waals surface area contributed by atoms with Gasteiger partial charge >= 0.3 is 0 Å². The summed E-state index contributed by atoms with van der Waals surface area (Å²) in [4.78, 5) is 0. The Hall–Kier alpha value is -0.900. The first kappa shape index (κ1) is 10.2. The largest absolute Gasteiger partial charge is 0.171 e. The van der Waals surface area contributed by atoms with Crippen LogP contribution in [0.25, 0.3) is 0 Å². The lowest BCUT2D eigenvalue weighted by Gasteiger charge is -2.29. The molecule has 0 atom stereocenters. The second kappa shape index (κ2) is 3.87. The molecule has 0 heterocycles. The van der Waals surface area contributed by atoms with Crippen LogP contribution in [0.1, 0.15) is 5.56 Å². The number of nitrogens with one attached hydrogen (secondary N) is 2. The van der Waals surface area contributed by atoms with Crippen LogP contribution >= 0.6 is 0 Å². The van der Waals surface area contributed by atoms with Crippen molar-refractivity contribution in [1.29, 1.82) is 0 Å². The molecule has 72 valence electrons. The molecule has 0 fully saturated rings. The van der Waals surface area contributed by atoms with Crippen molar-refractivity contribution >= 4 is 5.69 Å². The predicted molar refractivity (Wildman–Crippen MR) is 57.0 cm³/mol. The first-order valence-electron chi connectivity index (χ1n) is 4.44. The van der Waals surface area contributed by atoms with Crippen LogP contribution < -0.4 is 15.6 Å². The van der Waals surface area contributed by atoms with Crippen LogP contribution in [-0.2, 0) is 0 Å². The van der Waals surface area contributed by atoms with Crippen molar-refractivity contribution in [2.45, 2.75) is 6.92 Å². The van der Waals surface area contributed by atoms with Crippen molar-refractivity contribution in [2.24, 2.45) is 0 Å². The van der Waals surface area contributed by atoms with Crippen molar-refractivity contribution in [2.75, 3.05) is 21.1 Å². The third-order valence-corrected chi connectivity index (χ3v) is 2.44. The zero-order valence-electron chi connectivity index (χ0n) is 8.76. The summed E-state index contributed by atoms with van der Waals surface area (Å²) in [6, 6.07) is 8.45. The van der Waals surface area contributed by atoms with Crippen molar-refractivity contribution in [1.82, 2.24) is 15.6 Å². The third kappa shape index (κ3) is 2.06. The Morgan fingerprint density at radius 1 is 1.00 bits per heavy atom. The highest BCUT2D eigenvalue weighted by Gasteiger charge is 2.20. The van der Waals surface area contributed by atoms with E-state index in [0.717, 1.165) is 0 Å². The van der Waals surface area contributed by atoms with E-state index in [9.17, 15) is 0 Å². The van der Waals surface area contributed by atoms with E-state index in [2.05, 4.69) is 49.1 Å². The van der Waals surface area contributed by atoms with Gasteiger partial charge in [-0.1, -0.05) is 17.7 Å². The lowest BCUT2D eigenvalue weighted by atomic mass is 10.2. The Balaban J connectivity index is 2.99. The second-order valence-corrected chi connectivity index (χ2v) is 3.29. The minimum absolute atomic E-state index is 0.528. The van der Waals surface area contributed by atoms with Crippen LogP contribution in [0.2, 0.25) is 0 Å². The number of benzene rings is 1. The molecular formula is C10H18N3+. The second-order valence-electron chi connectivity index (χ2n) is 3.29. The standard InChI is InChI=1S/C10H18N3/c1-9-5-7-10(8-6-9)13(4,11-2)12-3/h5-8,11-12H,1-4H3/q+1. The summed E-state index contributed by atoms with van der Waals surface area (Å²) in [5.74, 6) is 0. The number of quaternary nitrogens is 1. The monoisotopic (exact) mass is 180 g/mol. The molecule has 0 unspecified atom stereocenters. The molecule has 0 aliphatic heterocycles. The Morgan fingerprint density at radius 3 is 1.85 bits per heavy atom. The van der Waals surface area contributed by atoms with Crippen LogP contribution in [0.4, 0.5) is 5.69 Å². The van der Waals surface area contributed by atoms with Gasteiger partial charge in [0, 0.05) is 26.2 Å². The van der Waals surface area contributed by atoms with Crippen molar-refractivity contribution in [3.8, 4) is 0 Å². The molecular weight excluding hydrogens is 162 g/mol. The molecule has 2 N–H and O–H groups in total. The molecule has 0 bridgehead atoms. The molecule has 3 heteroatoms. The van der Waals surface area contributed by atoms with E-state index in [4.69, 9.17) is 0 Å². The van der Waals surface area contributed by atoms with Crippen LogP contribution in [0, 0.1) is 6.92 Å². The van der Waals surface area contributed by atoms with Gasteiger partial charge in [-0.05, 0) is 6.92 Å². The highest BCUT2D eigenvalue weighted by molar-refractivity contribution is 5.41. The summed E-state index contributed by atoms with van der Waals surface area (Å²) in [6.45, 7) is 2.09. The van der Waals surface area contributed by atoms with E-state index in [-0.39, 0.29) is 0 Å².